The molecule has 29 heavy (non-hydrogen) atoms. The summed E-state index contributed by atoms with van der Waals surface area (Å²) in [4.78, 5) is 0.237. The van der Waals surface area contributed by atoms with Crippen molar-refractivity contribution in [1.82, 2.24) is 3.97 Å². The quantitative estimate of drug-likeness (QED) is 0.528. The first-order valence-electron chi connectivity index (χ1n) is 9.52. The van der Waals surface area contributed by atoms with Crippen LogP contribution in [0.15, 0.2) is 53.6 Å². The SMILES string of the molecule is Cc1ccccc1S(=O)(=O)n1cc(B2OC(C)(C)C(C)(C)O2)c2cccc(N)c21. The summed E-state index contributed by atoms with van der Waals surface area (Å²) in [5.74, 6) is 0. The van der Waals surface area contributed by atoms with Gasteiger partial charge in [0.2, 0.25) is 0 Å². The van der Waals surface area contributed by atoms with Gasteiger partial charge in [0.1, 0.15) is 0 Å². The van der Waals surface area contributed by atoms with Crippen LogP contribution in [0.1, 0.15) is 33.3 Å². The summed E-state index contributed by atoms with van der Waals surface area (Å²) in [5, 5.41) is 0.695. The van der Waals surface area contributed by atoms with Gasteiger partial charge in [0.25, 0.3) is 10.0 Å². The number of nitrogens with two attached hydrogens (primary N) is 1. The Kier molecular flexibility index (Phi) is 4.38. The molecule has 1 aliphatic rings. The number of fused-ring (bicyclic) bond motifs is 1. The van der Waals surface area contributed by atoms with Gasteiger partial charge in [-0.2, -0.15) is 0 Å². The molecule has 2 aromatic carbocycles. The number of anilines is 1. The van der Waals surface area contributed by atoms with Gasteiger partial charge in [0.05, 0.1) is 27.3 Å². The van der Waals surface area contributed by atoms with Crippen LogP contribution in [-0.4, -0.2) is 30.7 Å². The van der Waals surface area contributed by atoms with Gasteiger partial charge in [0.15, 0.2) is 0 Å². The highest BCUT2D eigenvalue weighted by molar-refractivity contribution is 7.90. The fourth-order valence-corrected chi connectivity index (χ4v) is 5.23. The third kappa shape index (κ3) is 2.98. The molecule has 152 valence electrons. The van der Waals surface area contributed by atoms with E-state index in [1.165, 1.54) is 3.97 Å². The molecule has 2 heterocycles. The summed E-state index contributed by atoms with van der Waals surface area (Å²) in [7, 11) is -4.56. The zero-order valence-electron chi connectivity index (χ0n) is 17.3. The summed E-state index contributed by atoms with van der Waals surface area (Å²) >= 11 is 0. The first-order chi connectivity index (χ1) is 13.5. The average Bonchev–Trinajstić information content (AvgIpc) is 3.11. The largest absolute Gasteiger partial charge is 0.497 e. The van der Waals surface area contributed by atoms with E-state index in [0.717, 1.165) is 0 Å². The standard InChI is InChI=1S/C21H25BN2O4S/c1-14-9-6-7-12-18(14)29(25,26)24-13-16(15-10-8-11-17(23)19(15)24)22-27-20(2,3)21(4,5)28-22/h6-13H,23H2,1-5H3. The van der Waals surface area contributed by atoms with Crippen LogP contribution in [0.4, 0.5) is 5.69 Å². The highest BCUT2D eigenvalue weighted by Crippen LogP contribution is 2.38. The van der Waals surface area contributed by atoms with Crippen molar-refractivity contribution in [1.29, 1.82) is 0 Å². The van der Waals surface area contributed by atoms with Crippen molar-refractivity contribution in [3.05, 3.63) is 54.2 Å². The topological polar surface area (TPSA) is 83.5 Å². The second kappa shape index (κ2) is 6.36. The van der Waals surface area contributed by atoms with E-state index < -0.39 is 28.3 Å². The first kappa shape index (κ1) is 20.0. The van der Waals surface area contributed by atoms with Crippen molar-refractivity contribution in [3.8, 4) is 0 Å². The highest BCUT2D eigenvalue weighted by Gasteiger charge is 2.52. The average molecular weight is 412 g/mol. The second-order valence-corrected chi connectivity index (χ2v) is 10.3. The van der Waals surface area contributed by atoms with E-state index in [4.69, 9.17) is 15.0 Å². The van der Waals surface area contributed by atoms with E-state index in [2.05, 4.69) is 0 Å². The van der Waals surface area contributed by atoms with Gasteiger partial charge >= 0.3 is 7.12 Å². The zero-order chi connectivity index (χ0) is 21.2. The molecule has 0 aliphatic carbocycles. The van der Waals surface area contributed by atoms with Crippen molar-refractivity contribution in [3.63, 3.8) is 0 Å². The van der Waals surface area contributed by atoms with Crippen LogP contribution < -0.4 is 11.2 Å². The van der Waals surface area contributed by atoms with Crippen LogP contribution in [-0.2, 0) is 19.3 Å². The van der Waals surface area contributed by atoms with Crippen LogP contribution in [0.3, 0.4) is 0 Å². The van der Waals surface area contributed by atoms with E-state index in [1.54, 1.807) is 43.5 Å². The molecule has 0 atom stereocenters. The fraction of sp³-hybridized carbons (Fsp3) is 0.333. The minimum absolute atomic E-state index is 0.237. The number of nitrogen functional groups attached to an aromatic ring is 1. The monoisotopic (exact) mass is 412 g/mol. The number of nitrogens with zero attached hydrogens (tertiary/aromatic N) is 1. The molecule has 2 N–H and O–H groups in total. The first-order valence-corrected chi connectivity index (χ1v) is 11.0. The number of aryl methyl sites for hydroxylation is 1. The summed E-state index contributed by atoms with van der Waals surface area (Å²) in [5.41, 5.74) is 7.26. The maximum Gasteiger partial charge on any atom is 0.497 e. The Bertz CT molecular complexity index is 1200. The Balaban J connectivity index is 1.96. The molecule has 0 saturated carbocycles. The van der Waals surface area contributed by atoms with Gasteiger partial charge in [-0.3, -0.25) is 0 Å². The van der Waals surface area contributed by atoms with Crippen molar-refractivity contribution in [2.75, 3.05) is 5.73 Å². The fourth-order valence-electron chi connectivity index (χ4n) is 3.60. The van der Waals surface area contributed by atoms with Crippen LogP contribution in [0.25, 0.3) is 10.9 Å². The van der Waals surface area contributed by atoms with Crippen molar-refractivity contribution >= 4 is 39.2 Å². The molecular weight excluding hydrogens is 387 g/mol. The Morgan fingerprint density at radius 1 is 0.966 bits per heavy atom. The lowest BCUT2D eigenvalue weighted by Crippen LogP contribution is -2.41. The van der Waals surface area contributed by atoms with Crippen LogP contribution >= 0.6 is 0 Å². The third-order valence-corrected chi connectivity index (χ3v) is 7.81. The molecule has 6 nitrogen and oxygen atoms in total. The lowest BCUT2D eigenvalue weighted by atomic mass is 9.79. The Morgan fingerprint density at radius 3 is 2.21 bits per heavy atom. The molecule has 1 saturated heterocycles. The minimum Gasteiger partial charge on any atom is -0.399 e. The molecule has 1 fully saturated rings. The van der Waals surface area contributed by atoms with Gasteiger partial charge in [-0.25, -0.2) is 12.4 Å². The van der Waals surface area contributed by atoms with Crippen LogP contribution in [0.5, 0.6) is 0 Å². The lowest BCUT2D eigenvalue weighted by molar-refractivity contribution is 0.00578. The molecule has 3 aromatic rings. The predicted molar refractivity (Wildman–Crippen MR) is 116 cm³/mol. The molecule has 0 bridgehead atoms. The van der Waals surface area contributed by atoms with Crippen molar-refractivity contribution in [2.45, 2.75) is 50.7 Å². The van der Waals surface area contributed by atoms with E-state index in [0.29, 0.717) is 27.6 Å². The van der Waals surface area contributed by atoms with Crippen molar-refractivity contribution in [2.24, 2.45) is 0 Å². The third-order valence-electron chi connectivity index (χ3n) is 5.99. The van der Waals surface area contributed by atoms with Gasteiger partial charge in [-0.1, -0.05) is 30.3 Å². The summed E-state index contributed by atoms with van der Waals surface area (Å²) in [6.45, 7) is 9.63. The number of para-hydroxylation sites is 1. The van der Waals surface area contributed by atoms with Crippen LogP contribution in [0, 0.1) is 6.92 Å². The van der Waals surface area contributed by atoms with Crippen LogP contribution in [0.2, 0.25) is 0 Å². The molecule has 0 spiro atoms. The Labute approximate surface area is 171 Å². The smallest absolute Gasteiger partial charge is 0.399 e. The Hall–Kier alpha value is -2.29. The number of benzene rings is 2. The molecule has 0 radical (unpaired) electrons. The highest BCUT2D eigenvalue weighted by atomic mass is 32.2. The lowest BCUT2D eigenvalue weighted by Gasteiger charge is -2.32. The van der Waals surface area contributed by atoms with E-state index in [1.807, 2.05) is 39.8 Å². The normalized spacial score (nSPS) is 18.4. The molecule has 0 amide bonds. The molecule has 1 aromatic heterocycles. The van der Waals surface area contributed by atoms with Gasteiger partial charge in [-0.05, 0) is 52.3 Å². The van der Waals surface area contributed by atoms with Crippen molar-refractivity contribution < 1.29 is 17.7 Å². The number of hydrogen-bond acceptors (Lipinski definition) is 5. The van der Waals surface area contributed by atoms with E-state index >= 15 is 0 Å². The molecule has 8 heteroatoms. The summed E-state index contributed by atoms with van der Waals surface area (Å²) < 4.78 is 40.7. The van der Waals surface area contributed by atoms with Gasteiger partial charge in [-0.15, -0.1) is 0 Å². The van der Waals surface area contributed by atoms with Gasteiger partial charge in [0, 0.05) is 17.0 Å². The zero-order valence-corrected chi connectivity index (χ0v) is 18.1. The minimum atomic E-state index is -3.86. The summed E-state index contributed by atoms with van der Waals surface area (Å²) in [6, 6.07) is 12.2. The number of rotatable bonds is 3. The van der Waals surface area contributed by atoms with Gasteiger partial charge < -0.3 is 15.0 Å². The Morgan fingerprint density at radius 2 is 1.59 bits per heavy atom. The molecular formula is C21H25BN2O4S. The molecule has 4 rings (SSSR count). The molecule has 0 unspecified atom stereocenters. The van der Waals surface area contributed by atoms with E-state index in [9.17, 15) is 8.42 Å². The number of aromatic nitrogens is 1. The molecule has 1 aliphatic heterocycles. The number of hydrogen-bond donors (Lipinski definition) is 1. The predicted octanol–water partition coefficient (Wildman–Crippen LogP) is 3.07. The maximum absolute atomic E-state index is 13.5. The maximum atomic E-state index is 13.5. The summed E-state index contributed by atoms with van der Waals surface area (Å²) in [6.07, 6.45) is 1.57. The van der Waals surface area contributed by atoms with E-state index in [-0.39, 0.29) is 4.90 Å². The second-order valence-electron chi connectivity index (χ2n) is 8.48.